The Balaban J connectivity index is 2.94. The summed E-state index contributed by atoms with van der Waals surface area (Å²) >= 11 is 0. The fraction of sp³-hybridized carbons (Fsp3) is 0.385. The molecule has 0 fully saturated rings. The van der Waals surface area contributed by atoms with Crippen molar-refractivity contribution in [1.82, 2.24) is 5.32 Å². The Morgan fingerprint density at radius 2 is 1.86 bits per heavy atom. The first-order chi connectivity index (χ1) is 6.66. The highest BCUT2D eigenvalue weighted by Gasteiger charge is 1.99. The van der Waals surface area contributed by atoms with Crippen LogP contribution in [0.2, 0.25) is 0 Å². The predicted octanol–water partition coefficient (Wildman–Crippen LogP) is 2.84. The van der Waals surface area contributed by atoms with E-state index in [2.05, 4.69) is 50.4 Å². The second-order valence-corrected chi connectivity index (χ2v) is 3.68. The van der Waals surface area contributed by atoms with Crippen molar-refractivity contribution in [3.8, 4) is 0 Å². The van der Waals surface area contributed by atoms with Crippen molar-refractivity contribution in [3.05, 3.63) is 40.5 Å². The van der Waals surface area contributed by atoms with Crippen molar-refractivity contribution < 1.29 is 0 Å². The third kappa shape index (κ3) is 2.46. The lowest BCUT2D eigenvalue weighted by molar-refractivity contribution is 0.922. The maximum Gasteiger partial charge on any atom is 0.0135 e. The molecular formula is C13H19N. The average Bonchev–Trinajstić information content (AvgIpc) is 2.18. The first kappa shape index (κ1) is 11.0. The molecule has 0 unspecified atom stereocenters. The lowest BCUT2D eigenvalue weighted by atomic mass is 9.99. The van der Waals surface area contributed by atoms with Crippen molar-refractivity contribution in [3.63, 3.8) is 0 Å². The summed E-state index contributed by atoms with van der Waals surface area (Å²) in [7, 11) is 1.96. The van der Waals surface area contributed by atoms with Gasteiger partial charge in [0.2, 0.25) is 0 Å². The molecule has 0 aliphatic heterocycles. The summed E-state index contributed by atoms with van der Waals surface area (Å²) in [6, 6.07) is 4.37. The van der Waals surface area contributed by atoms with Gasteiger partial charge < -0.3 is 5.32 Å². The molecule has 0 radical (unpaired) electrons. The molecule has 0 aliphatic rings. The second-order valence-electron chi connectivity index (χ2n) is 3.68. The molecule has 1 aromatic carbocycles. The van der Waals surface area contributed by atoms with Gasteiger partial charge >= 0.3 is 0 Å². The van der Waals surface area contributed by atoms with E-state index in [0.717, 1.165) is 6.54 Å². The number of hydrogen-bond acceptors (Lipinski definition) is 1. The molecule has 1 nitrogen and oxygen atoms in total. The fourth-order valence-corrected chi connectivity index (χ4v) is 1.46. The van der Waals surface area contributed by atoms with Crippen molar-refractivity contribution in [2.75, 3.05) is 13.6 Å². The van der Waals surface area contributed by atoms with E-state index >= 15 is 0 Å². The maximum atomic E-state index is 3.10. The van der Waals surface area contributed by atoms with Crippen molar-refractivity contribution in [1.29, 1.82) is 0 Å². The summed E-state index contributed by atoms with van der Waals surface area (Å²) in [6.07, 6.45) is 4.33. The van der Waals surface area contributed by atoms with Gasteiger partial charge in [0.1, 0.15) is 0 Å². The number of rotatable bonds is 3. The first-order valence-corrected chi connectivity index (χ1v) is 5.04. The Morgan fingerprint density at radius 1 is 1.14 bits per heavy atom. The molecule has 0 spiro atoms. The number of nitrogens with one attached hydrogen (secondary N) is 1. The zero-order chi connectivity index (χ0) is 10.6. The standard InChI is InChI=1S/C13H19N/c1-10-7-8-13(6-5-9-14-4)12(3)11(10)2/h5-8,14H,9H2,1-4H3/b6-5+. The molecule has 0 heterocycles. The summed E-state index contributed by atoms with van der Waals surface area (Å²) in [5.41, 5.74) is 5.48. The smallest absolute Gasteiger partial charge is 0.0135 e. The topological polar surface area (TPSA) is 12.0 Å². The van der Waals surface area contributed by atoms with Crippen molar-refractivity contribution >= 4 is 6.08 Å². The molecule has 0 amide bonds. The normalized spacial score (nSPS) is 11.1. The van der Waals surface area contributed by atoms with Gasteiger partial charge in [-0.25, -0.2) is 0 Å². The van der Waals surface area contributed by atoms with Crippen LogP contribution in [-0.4, -0.2) is 13.6 Å². The van der Waals surface area contributed by atoms with Gasteiger partial charge in [0.15, 0.2) is 0 Å². The third-order valence-corrected chi connectivity index (χ3v) is 2.72. The van der Waals surface area contributed by atoms with Gasteiger partial charge in [-0.1, -0.05) is 24.3 Å². The number of likely N-dealkylation sites (N-methyl/N-ethyl adjacent to an activating group) is 1. The second kappa shape index (κ2) is 4.97. The van der Waals surface area contributed by atoms with Crippen LogP contribution < -0.4 is 5.32 Å². The molecule has 1 aromatic rings. The van der Waals surface area contributed by atoms with Crippen LogP contribution >= 0.6 is 0 Å². The monoisotopic (exact) mass is 189 g/mol. The number of benzene rings is 1. The number of aryl methyl sites for hydroxylation is 1. The van der Waals surface area contributed by atoms with Gasteiger partial charge in [0, 0.05) is 6.54 Å². The van der Waals surface area contributed by atoms with E-state index in [9.17, 15) is 0 Å². The van der Waals surface area contributed by atoms with E-state index in [1.807, 2.05) is 7.05 Å². The van der Waals surface area contributed by atoms with Gasteiger partial charge in [-0.2, -0.15) is 0 Å². The van der Waals surface area contributed by atoms with Crippen LogP contribution in [0.15, 0.2) is 18.2 Å². The van der Waals surface area contributed by atoms with E-state index in [0.29, 0.717) is 0 Å². The molecule has 0 aromatic heterocycles. The summed E-state index contributed by atoms with van der Waals surface area (Å²) in [5.74, 6) is 0. The molecule has 1 heteroatoms. The minimum absolute atomic E-state index is 0.923. The third-order valence-electron chi connectivity index (χ3n) is 2.72. The fourth-order valence-electron chi connectivity index (χ4n) is 1.46. The zero-order valence-electron chi connectivity index (χ0n) is 9.52. The Hall–Kier alpha value is -1.08. The Bertz CT molecular complexity index is 337. The minimum Gasteiger partial charge on any atom is -0.316 e. The lowest BCUT2D eigenvalue weighted by Gasteiger charge is -2.07. The van der Waals surface area contributed by atoms with Crippen LogP contribution in [0.1, 0.15) is 22.3 Å². The molecule has 1 rings (SSSR count). The van der Waals surface area contributed by atoms with Crippen LogP contribution in [-0.2, 0) is 0 Å². The van der Waals surface area contributed by atoms with Crippen LogP contribution in [0, 0.1) is 20.8 Å². The first-order valence-electron chi connectivity index (χ1n) is 5.04. The van der Waals surface area contributed by atoms with E-state index < -0.39 is 0 Å². The van der Waals surface area contributed by atoms with Crippen LogP contribution in [0.3, 0.4) is 0 Å². The highest BCUT2D eigenvalue weighted by molar-refractivity contribution is 5.56. The molecule has 76 valence electrons. The largest absolute Gasteiger partial charge is 0.316 e. The maximum absolute atomic E-state index is 3.10. The molecule has 0 bridgehead atoms. The summed E-state index contributed by atoms with van der Waals surface area (Å²) in [4.78, 5) is 0. The summed E-state index contributed by atoms with van der Waals surface area (Å²) in [6.45, 7) is 7.44. The average molecular weight is 189 g/mol. The quantitative estimate of drug-likeness (QED) is 0.771. The zero-order valence-corrected chi connectivity index (χ0v) is 9.52. The van der Waals surface area contributed by atoms with E-state index in [1.165, 1.54) is 22.3 Å². The molecule has 0 atom stereocenters. The Kier molecular flexibility index (Phi) is 3.90. The van der Waals surface area contributed by atoms with E-state index in [1.54, 1.807) is 0 Å². The molecular weight excluding hydrogens is 170 g/mol. The number of hydrogen-bond donors (Lipinski definition) is 1. The van der Waals surface area contributed by atoms with Gasteiger partial charge in [0.25, 0.3) is 0 Å². The SMILES string of the molecule is CNC/C=C/c1ccc(C)c(C)c1C. The van der Waals surface area contributed by atoms with E-state index in [4.69, 9.17) is 0 Å². The van der Waals surface area contributed by atoms with Crippen molar-refractivity contribution in [2.45, 2.75) is 20.8 Å². The summed E-state index contributed by atoms with van der Waals surface area (Å²) < 4.78 is 0. The Labute approximate surface area is 86.8 Å². The minimum atomic E-state index is 0.923. The van der Waals surface area contributed by atoms with Gasteiger partial charge in [-0.15, -0.1) is 0 Å². The van der Waals surface area contributed by atoms with Crippen LogP contribution in [0.5, 0.6) is 0 Å². The summed E-state index contributed by atoms with van der Waals surface area (Å²) in [5, 5.41) is 3.10. The van der Waals surface area contributed by atoms with Gasteiger partial charge in [-0.3, -0.25) is 0 Å². The highest BCUT2D eigenvalue weighted by Crippen LogP contribution is 2.17. The lowest BCUT2D eigenvalue weighted by Crippen LogP contribution is -2.03. The highest BCUT2D eigenvalue weighted by atomic mass is 14.8. The molecule has 0 saturated heterocycles. The van der Waals surface area contributed by atoms with Gasteiger partial charge in [-0.05, 0) is 50.1 Å². The molecule has 0 aliphatic carbocycles. The molecule has 0 saturated carbocycles. The molecule has 14 heavy (non-hydrogen) atoms. The van der Waals surface area contributed by atoms with E-state index in [-0.39, 0.29) is 0 Å². The van der Waals surface area contributed by atoms with Crippen LogP contribution in [0.4, 0.5) is 0 Å². The predicted molar refractivity (Wildman–Crippen MR) is 63.6 cm³/mol. The van der Waals surface area contributed by atoms with Gasteiger partial charge in [0.05, 0.1) is 0 Å². The van der Waals surface area contributed by atoms with Crippen LogP contribution in [0.25, 0.3) is 6.08 Å². The van der Waals surface area contributed by atoms with Crippen molar-refractivity contribution in [2.24, 2.45) is 0 Å². The molecule has 1 N–H and O–H groups in total. The Morgan fingerprint density at radius 3 is 2.50 bits per heavy atom.